The molecule has 0 spiro atoms. The molecule has 1 atom stereocenters. The molecular weight excluding hydrogens is 462 g/mol. The summed E-state index contributed by atoms with van der Waals surface area (Å²) in [5, 5.41) is -0.342. The van der Waals surface area contributed by atoms with Crippen molar-refractivity contribution in [3.8, 4) is 16.9 Å². The van der Waals surface area contributed by atoms with Crippen LogP contribution in [0.2, 0.25) is 5.02 Å². The molecule has 1 fully saturated rings. The number of hydrogen-bond donors (Lipinski definition) is 1. The maximum Gasteiger partial charge on any atom is 0.253 e. The minimum atomic E-state index is -0.923. The van der Waals surface area contributed by atoms with Gasteiger partial charge in [0.05, 0.1) is 5.02 Å². The van der Waals surface area contributed by atoms with Gasteiger partial charge in [-0.1, -0.05) is 23.7 Å². The highest BCUT2D eigenvalue weighted by Gasteiger charge is 2.22. The number of nitrogen functional groups attached to an aromatic ring is 1. The molecule has 4 rings (SSSR count). The molecule has 1 amide bonds. The van der Waals surface area contributed by atoms with Crippen molar-refractivity contribution in [1.82, 2.24) is 14.8 Å². The lowest BCUT2D eigenvalue weighted by Crippen LogP contribution is -2.47. The van der Waals surface area contributed by atoms with E-state index in [1.165, 1.54) is 0 Å². The molecule has 1 unspecified atom stereocenters. The Hall–Kier alpha value is -3.23. The van der Waals surface area contributed by atoms with Crippen molar-refractivity contribution in [2.45, 2.75) is 13.0 Å². The van der Waals surface area contributed by atoms with Crippen LogP contribution in [-0.4, -0.2) is 53.9 Å². The van der Waals surface area contributed by atoms with Crippen molar-refractivity contribution >= 4 is 23.3 Å². The van der Waals surface area contributed by atoms with Crippen LogP contribution < -0.4 is 10.5 Å². The molecule has 1 aromatic heterocycles. The number of aromatic nitrogens is 1. The molecule has 0 aliphatic carbocycles. The molecule has 34 heavy (non-hydrogen) atoms. The molecular formula is C25H25ClF2N4O2. The van der Waals surface area contributed by atoms with Crippen LogP contribution in [0.5, 0.6) is 5.75 Å². The van der Waals surface area contributed by atoms with Gasteiger partial charge >= 0.3 is 0 Å². The molecule has 0 bridgehead atoms. The highest BCUT2D eigenvalue weighted by Crippen LogP contribution is 2.35. The lowest BCUT2D eigenvalue weighted by atomic mass is 10.0. The number of benzene rings is 2. The number of halogens is 3. The van der Waals surface area contributed by atoms with Gasteiger partial charge in [-0.2, -0.15) is 0 Å². The predicted octanol–water partition coefficient (Wildman–Crippen LogP) is 4.79. The topological polar surface area (TPSA) is 71.7 Å². The Morgan fingerprint density at radius 3 is 2.53 bits per heavy atom. The Labute approximate surface area is 201 Å². The zero-order valence-electron chi connectivity index (χ0n) is 18.9. The summed E-state index contributed by atoms with van der Waals surface area (Å²) < 4.78 is 34.0. The van der Waals surface area contributed by atoms with Gasteiger partial charge < -0.3 is 20.3 Å². The van der Waals surface area contributed by atoms with E-state index in [1.807, 2.05) is 18.0 Å². The van der Waals surface area contributed by atoms with E-state index in [9.17, 15) is 13.6 Å². The van der Waals surface area contributed by atoms with Crippen LogP contribution in [0.4, 0.5) is 14.6 Å². The molecule has 2 N–H and O–H groups in total. The molecule has 3 aromatic rings. The molecule has 1 aliphatic rings. The second kappa shape index (κ2) is 9.95. The van der Waals surface area contributed by atoms with Crippen LogP contribution in [0.25, 0.3) is 11.1 Å². The molecule has 9 heteroatoms. The number of anilines is 1. The van der Waals surface area contributed by atoms with Gasteiger partial charge in [0.25, 0.3) is 5.91 Å². The number of carbonyl (C=O) groups is 1. The molecule has 2 heterocycles. The average molecular weight is 487 g/mol. The Balaban J connectivity index is 1.59. The number of likely N-dealkylation sites (N-methyl/N-ethyl adjacent to an activating group) is 1. The summed E-state index contributed by atoms with van der Waals surface area (Å²) in [7, 11) is 2.04. The highest BCUT2D eigenvalue weighted by atomic mass is 35.5. The maximum atomic E-state index is 14.3. The van der Waals surface area contributed by atoms with Crippen LogP contribution in [0, 0.1) is 11.6 Å². The summed E-state index contributed by atoms with van der Waals surface area (Å²) >= 11 is 5.97. The molecule has 0 radical (unpaired) electrons. The molecule has 6 nitrogen and oxygen atoms in total. The molecule has 0 saturated carbocycles. The van der Waals surface area contributed by atoms with Crippen LogP contribution in [-0.2, 0) is 0 Å². The van der Waals surface area contributed by atoms with Gasteiger partial charge in [-0.05, 0) is 49.9 Å². The molecule has 178 valence electrons. The first kappa shape index (κ1) is 23.9. The first-order chi connectivity index (χ1) is 16.2. The number of carbonyl (C=O) groups excluding carboxylic acids is 1. The van der Waals surface area contributed by atoms with E-state index in [0.717, 1.165) is 30.8 Å². The van der Waals surface area contributed by atoms with Crippen molar-refractivity contribution in [2.75, 3.05) is 39.0 Å². The van der Waals surface area contributed by atoms with E-state index in [-0.39, 0.29) is 28.1 Å². The summed E-state index contributed by atoms with van der Waals surface area (Å²) in [6.07, 6.45) is 0.648. The number of nitrogens with zero attached hydrogens (tertiary/aromatic N) is 3. The van der Waals surface area contributed by atoms with E-state index in [4.69, 9.17) is 22.1 Å². The van der Waals surface area contributed by atoms with Gasteiger partial charge in [0, 0.05) is 49.1 Å². The van der Waals surface area contributed by atoms with Gasteiger partial charge in [-0.25, -0.2) is 13.8 Å². The molecule has 2 aromatic carbocycles. The third-order valence-electron chi connectivity index (χ3n) is 5.90. The number of nitrogens with two attached hydrogens (primary N) is 1. The quantitative estimate of drug-likeness (QED) is 0.525. The summed E-state index contributed by atoms with van der Waals surface area (Å²) in [5.74, 6) is -1.17. The third kappa shape index (κ3) is 4.98. The summed E-state index contributed by atoms with van der Waals surface area (Å²) in [6.45, 7) is 4.57. The number of pyridine rings is 1. The first-order valence-corrected chi connectivity index (χ1v) is 11.3. The van der Waals surface area contributed by atoms with Gasteiger partial charge in [-0.3, -0.25) is 4.79 Å². The standard InChI is InChI=1S/C25H25ClF2N4O2/c1-15(22-19(27)6-7-20(28)23(22)26)34-21-13-18(14-30-24(21)29)16-4-3-5-17(12-16)25(33)32-10-8-31(2)9-11-32/h3-7,12-15H,8-11H2,1-2H3,(H2,29,30). The lowest BCUT2D eigenvalue weighted by Gasteiger charge is -2.32. The predicted molar refractivity (Wildman–Crippen MR) is 128 cm³/mol. The van der Waals surface area contributed by atoms with E-state index in [1.54, 1.807) is 37.4 Å². The number of rotatable bonds is 5. The van der Waals surface area contributed by atoms with Crippen molar-refractivity contribution in [3.63, 3.8) is 0 Å². The van der Waals surface area contributed by atoms with Gasteiger partial charge in [0.2, 0.25) is 0 Å². The largest absolute Gasteiger partial charge is 0.482 e. The minimum Gasteiger partial charge on any atom is -0.482 e. The summed E-state index contributed by atoms with van der Waals surface area (Å²) in [4.78, 5) is 21.2. The van der Waals surface area contributed by atoms with Crippen molar-refractivity contribution in [1.29, 1.82) is 0 Å². The van der Waals surface area contributed by atoms with E-state index in [0.29, 0.717) is 24.2 Å². The number of hydrogen-bond acceptors (Lipinski definition) is 5. The number of ether oxygens (including phenoxy) is 1. The average Bonchev–Trinajstić information content (AvgIpc) is 2.83. The first-order valence-electron chi connectivity index (χ1n) is 10.9. The third-order valence-corrected chi connectivity index (χ3v) is 6.29. The second-order valence-corrected chi connectivity index (χ2v) is 8.68. The minimum absolute atomic E-state index is 0.0281. The van der Waals surface area contributed by atoms with E-state index >= 15 is 0 Å². The Morgan fingerprint density at radius 1 is 1.09 bits per heavy atom. The smallest absolute Gasteiger partial charge is 0.253 e. The molecule has 1 saturated heterocycles. The SMILES string of the molecule is CC(Oc1cc(-c2cccc(C(=O)N3CCN(C)CC3)c2)cnc1N)c1c(F)ccc(F)c1Cl. The lowest BCUT2D eigenvalue weighted by molar-refractivity contribution is 0.0664. The summed E-state index contributed by atoms with van der Waals surface area (Å²) in [5.41, 5.74) is 7.86. The van der Waals surface area contributed by atoms with Crippen LogP contribution >= 0.6 is 11.6 Å². The number of amides is 1. The van der Waals surface area contributed by atoms with Crippen molar-refractivity contribution < 1.29 is 18.3 Å². The number of piperazine rings is 1. The normalized spacial score (nSPS) is 15.3. The summed E-state index contributed by atoms with van der Waals surface area (Å²) in [6, 6.07) is 10.8. The van der Waals surface area contributed by atoms with Crippen molar-refractivity contribution in [2.24, 2.45) is 0 Å². The van der Waals surface area contributed by atoms with E-state index in [2.05, 4.69) is 9.88 Å². The van der Waals surface area contributed by atoms with E-state index < -0.39 is 17.7 Å². The second-order valence-electron chi connectivity index (χ2n) is 8.30. The highest BCUT2D eigenvalue weighted by molar-refractivity contribution is 6.31. The van der Waals surface area contributed by atoms with Gasteiger partial charge in [0.15, 0.2) is 11.6 Å². The zero-order valence-corrected chi connectivity index (χ0v) is 19.6. The monoisotopic (exact) mass is 486 g/mol. The fourth-order valence-corrected chi connectivity index (χ4v) is 4.20. The van der Waals surface area contributed by atoms with Crippen LogP contribution in [0.3, 0.4) is 0 Å². The van der Waals surface area contributed by atoms with Gasteiger partial charge in [0.1, 0.15) is 17.7 Å². The zero-order chi connectivity index (χ0) is 24.4. The fourth-order valence-electron chi connectivity index (χ4n) is 3.90. The Bertz CT molecular complexity index is 1220. The maximum absolute atomic E-state index is 14.3. The van der Waals surface area contributed by atoms with Crippen molar-refractivity contribution in [3.05, 3.63) is 76.4 Å². The van der Waals surface area contributed by atoms with Crippen LogP contribution in [0.15, 0.2) is 48.7 Å². The van der Waals surface area contributed by atoms with Crippen LogP contribution in [0.1, 0.15) is 28.9 Å². The Kier molecular flexibility index (Phi) is 7.00. The Morgan fingerprint density at radius 2 is 1.79 bits per heavy atom. The molecule has 1 aliphatic heterocycles. The van der Waals surface area contributed by atoms with Gasteiger partial charge in [-0.15, -0.1) is 0 Å². The fraction of sp³-hybridized carbons (Fsp3) is 0.280.